The van der Waals surface area contributed by atoms with E-state index in [0.29, 0.717) is 11.5 Å². The summed E-state index contributed by atoms with van der Waals surface area (Å²) in [7, 11) is 0. The molecule has 1 unspecified atom stereocenters. The molecule has 0 radical (unpaired) electrons. The molecule has 0 aromatic rings. The Kier molecular flexibility index (Phi) is 1.91. The highest BCUT2D eigenvalue weighted by molar-refractivity contribution is 6.09. The number of nitrogens with two attached hydrogens (primary N) is 1. The van der Waals surface area contributed by atoms with Gasteiger partial charge >= 0.3 is 0 Å². The standard InChI is InChI=1S/C10H13N3O/c1-5(2)6-3-4-7-8(6)12-10(11)13-9(7)14/h3-5,8H,1-2H3,(H3,11,12,13,14). The number of carbonyl (C=O) groups is 1. The summed E-state index contributed by atoms with van der Waals surface area (Å²) < 4.78 is 0. The lowest BCUT2D eigenvalue weighted by atomic mass is 9.94. The van der Waals surface area contributed by atoms with E-state index < -0.39 is 0 Å². The zero-order valence-electron chi connectivity index (χ0n) is 8.24. The van der Waals surface area contributed by atoms with Crippen molar-refractivity contribution in [2.45, 2.75) is 19.9 Å². The van der Waals surface area contributed by atoms with E-state index in [1.54, 1.807) is 0 Å². The molecule has 2 aliphatic rings. The van der Waals surface area contributed by atoms with E-state index in [2.05, 4.69) is 24.2 Å². The highest BCUT2D eigenvalue weighted by Crippen LogP contribution is 2.30. The molecule has 2 rings (SSSR count). The fourth-order valence-corrected chi connectivity index (χ4v) is 1.76. The summed E-state index contributed by atoms with van der Waals surface area (Å²) in [4.78, 5) is 15.7. The van der Waals surface area contributed by atoms with Crippen molar-refractivity contribution in [3.05, 3.63) is 23.3 Å². The molecule has 1 amide bonds. The predicted molar refractivity (Wildman–Crippen MR) is 54.6 cm³/mol. The molecule has 0 saturated heterocycles. The molecule has 3 N–H and O–H groups in total. The van der Waals surface area contributed by atoms with Crippen LogP contribution in [0.4, 0.5) is 0 Å². The maximum absolute atomic E-state index is 11.5. The topological polar surface area (TPSA) is 67.5 Å². The highest BCUT2D eigenvalue weighted by Gasteiger charge is 2.32. The lowest BCUT2D eigenvalue weighted by Crippen LogP contribution is -2.44. The van der Waals surface area contributed by atoms with Gasteiger partial charge in [-0.25, -0.2) is 4.99 Å². The second-order valence-electron chi connectivity index (χ2n) is 3.81. The Hall–Kier alpha value is -1.58. The summed E-state index contributed by atoms with van der Waals surface area (Å²) in [6.45, 7) is 4.17. The van der Waals surface area contributed by atoms with Crippen LogP contribution in [0.3, 0.4) is 0 Å². The number of carbonyl (C=O) groups excluding carboxylic acids is 1. The molecule has 0 aromatic heterocycles. The fraction of sp³-hybridized carbons (Fsp3) is 0.400. The van der Waals surface area contributed by atoms with Crippen LogP contribution in [0.2, 0.25) is 0 Å². The number of hydrogen-bond acceptors (Lipinski definition) is 3. The van der Waals surface area contributed by atoms with E-state index in [9.17, 15) is 4.79 Å². The first-order chi connectivity index (χ1) is 6.59. The van der Waals surface area contributed by atoms with Gasteiger partial charge < -0.3 is 5.73 Å². The van der Waals surface area contributed by atoms with Crippen LogP contribution in [0, 0.1) is 5.92 Å². The lowest BCUT2D eigenvalue weighted by molar-refractivity contribution is -0.116. The Balaban J connectivity index is 2.36. The van der Waals surface area contributed by atoms with Crippen LogP contribution in [-0.2, 0) is 4.79 Å². The van der Waals surface area contributed by atoms with Gasteiger partial charge in [0.25, 0.3) is 5.91 Å². The van der Waals surface area contributed by atoms with E-state index in [0.717, 1.165) is 5.57 Å². The minimum atomic E-state index is -0.149. The second-order valence-corrected chi connectivity index (χ2v) is 3.81. The maximum Gasteiger partial charge on any atom is 0.256 e. The second kappa shape index (κ2) is 2.97. The molecule has 0 aromatic carbocycles. The normalized spacial score (nSPS) is 25.2. The van der Waals surface area contributed by atoms with Gasteiger partial charge in [-0.05, 0) is 11.5 Å². The largest absolute Gasteiger partial charge is 0.370 e. The molecule has 0 bridgehead atoms. The Labute approximate surface area is 82.6 Å². The first-order valence-corrected chi connectivity index (χ1v) is 4.66. The zero-order valence-corrected chi connectivity index (χ0v) is 8.24. The molecule has 1 aliphatic carbocycles. The fourth-order valence-electron chi connectivity index (χ4n) is 1.76. The number of rotatable bonds is 1. The van der Waals surface area contributed by atoms with Crippen molar-refractivity contribution in [3.63, 3.8) is 0 Å². The molecule has 0 spiro atoms. The van der Waals surface area contributed by atoms with Gasteiger partial charge in [0.2, 0.25) is 0 Å². The molecule has 4 nitrogen and oxygen atoms in total. The number of nitrogens with zero attached hydrogens (tertiary/aromatic N) is 1. The van der Waals surface area contributed by atoms with E-state index in [4.69, 9.17) is 5.73 Å². The summed E-state index contributed by atoms with van der Waals surface area (Å²) in [6, 6.07) is -0.149. The Morgan fingerprint density at radius 1 is 1.50 bits per heavy atom. The molecule has 0 saturated carbocycles. The number of amides is 1. The third-order valence-electron chi connectivity index (χ3n) is 2.50. The smallest absolute Gasteiger partial charge is 0.256 e. The van der Waals surface area contributed by atoms with Crippen molar-refractivity contribution in [1.82, 2.24) is 5.32 Å². The Morgan fingerprint density at radius 3 is 2.86 bits per heavy atom. The molecule has 1 heterocycles. The van der Waals surface area contributed by atoms with Crippen LogP contribution in [-0.4, -0.2) is 17.9 Å². The van der Waals surface area contributed by atoms with Crippen molar-refractivity contribution in [1.29, 1.82) is 0 Å². The van der Waals surface area contributed by atoms with Crippen molar-refractivity contribution >= 4 is 11.9 Å². The summed E-state index contributed by atoms with van der Waals surface area (Å²) in [5.74, 6) is 0.469. The third kappa shape index (κ3) is 1.23. The molecular weight excluding hydrogens is 178 g/mol. The average Bonchev–Trinajstić information content (AvgIpc) is 2.47. The third-order valence-corrected chi connectivity index (χ3v) is 2.50. The molecular formula is C10H13N3O. The molecule has 14 heavy (non-hydrogen) atoms. The lowest BCUT2D eigenvalue weighted by Gasteiger charge is -2.22. The number of allylic oxidation sites excluding steroid dienone is 2. The molecule has 1 aliphatic heterocycles. The first-order valence-electron chi connectivity index (χ1n) is 4.66. The average molecular weight is 191 g/mol. The SMILES string of the molecule is CC(C)C1=CC=C2C(=O)NC(N)=NC21. The molecule has 1 atom stereocenters. The minimum Gasteiger partial charge on any atom is -0.370 e. The van der Waals surface area contributed by atoms with Crippen LogP contribution >= 0.6 is 0 Å². The van der Waals surface area contributed by atoms with Gasteiger partial charge in [-0.15, -0.1) is 0 Å². The Bertz CT molecular complexity index is 377. The highest BCUT2D eigenvalue weighted by atomic mass is 16.2. The number of guanidine groups is 1. The quantitative estimate of drug-likeness (QED) is 0.627. The van der Waals surface area contributed by atoms with E-state index in [-0.39, 0.29) is 17.9 Å². The van der Waals surface area contributed by atoms with Gasteiger partial charge in [0.15, 0.2) is 5.96 Å². The van der Waals surface area contributed by atoms with Crippen molar-refractivity contribution in [2.75, 3.05) is 0 Å². The van der Waals surface area contributed by atoms with Gasteiger partial charge in [0.05, 0.1) is 0 Å². The number of nitrogens with one attached hydrogen (secondary N) is 1. The molecule has 4 heteroatoms. The number of fused-ring (bicyclic) bond motifs is 1. The maximum atomic E-state index is 11.5. The van der Waals surface area contributed by atoms with Crippen molar-refractivity contribution in [3.8, 4) is 0 Å². The van der Waals surface area contributed by atoms with Crippen LogP contribution in [0.25, 0.3) is 0 Å². The van der Waals surface area contributed by atoms with Gasteiger partial charge in [-0.3, -0.25) is 10.1 Å². The Morgan fingerprint density at radius 2 is 2.21 bits per heavy atom. The summed E-state index contributed by atoms with van der Waals surface area (Å²) in [5.41, 5.74) is 7.35. The van der Waals surface area contributed by atoms with Crippen LogP contribution in [0.5, 0.6) is 0 Å². The summed E-state index contributed by atoms with van der Waals surface area (Å²) in [5, 5.41) is 2.50. The van der Waals surface area contributed by atoms with Gasteiger partial charge in [0.1, 0.15) is 6.04 Å². The van der Waals surface area contributed by atoms with E-state index in [1.165, 1.54) is 0 Å². The van der Waals surface area contributed by atoms with E-state index >= 15 is 0 Å². The van der Waals surface area contributed by atoms with Gasteiger partial charge in [-0.1, -0.05) is 26.0 Å². The van der Waals surface area contributed by atoms with Crippen LogP contribution in [0.1, 0.15) is 13.8 Å². The number of aliphatic imine (C=N–C) groups is 1. The van der Waals surface area contributed by atoms with Crippen LogP contribution < -0.4 is 11.1 Å². The van der Waals surface area contributed by atoms with Gasteiger partial charge in [0, 0.05) is 5.57 Å². The predicted octanol–water partition coefficient (Wildman–Crippen LogP) is 0.322. The zero-order chi connectivity index (χ0) is 10.3. The van der Waals surface area contributed by atoms with E-state index in [1.807, 2.05) is 12.2 Å². The molecule has 0 fully saturated rings. The number of hydrogen-bond donors (Lipinski definition) is 2. The van der Waals surface area contributed by atoms with Crippen molar-refractivity contribution in [2.24, 2.45) is 16.6 Å². The molecule has 74 valence electrons. The monoisotopic (exact) mass is 191 g/mol. The minimum absolute atomic E-state index is 0.130. The van der Waals surface area contributed by atoms with Gasteiger partial charge in [-0.2, -0.15) is 0 Å². The van der Waals surface area contributed by atoms with Crippen LogP contribution in [0.15, 0.2) is 28.3 Å². The first kappa shape index (κ1) is 8.99. The summed E-state index contributed by atoms with van der Waals surface area (Å²) in [6.07, 6.45) is 3.79. The van der Waals surface area contributed by atoms with Crippen molar-refractivity contribution < 1.29 is 4.79 Å². The summed E-state index contributed by atoms with van der Waals surface area (Å²) >= 11 is 0.